The van der Waals surface area contributed by atoms with Crippen molar-refractivity contribution >= 4 is 35.5 Å². The Balaban J connectivity index is 1.76. The summed E-state index contributed by atoms with van der Waals surface area (Å²) in [5.74, 6) is -1.88. The maximum Gasteiger partial charge on any atom is 0.326 e. The van der Waals surface area contributed by atoms with Gasteiger partial charge in [0.1, 0.15) is 23.9 Å². The van der Waals surface area contributed by atoms with Crippen LogP contribution in [0.3, 0.4) is 0 Å². The number of hydrogen-bond acceptors (Lipinski definition) is 7. The molecule has 1 aliphatic heterocycles. The van der Waals surface area contributed by atoms with E-state index in [0.29, 0.717) is 31.4 Å². The van der Waals surface area contributed by atoms with E-state index >= 15 is 0 Å². The highest BCUT2D eigenvalue weighted by molar-refractivity contribution is 7.98. The van der Waals surface area contributed by atoms with E-state index in [9.17, 15) is 29.4 Å². The van der Waals surface area contributed by atoms with Crippen molar-refractivity contribution in [3.05, 3.63) is 65.7 Å². The first-order valence-electron chi connectivity index (χ1n) is 12.9. The molecule has 0 saturated carbocycles. The Bertz CT molecular complexity index is 1130. The van der Waals surface area contributed by atoms with E-state index in [1.807, 2.05) is 12.3 Å². The normalized spacial score (nSPS) is 17.2. The lowest BCUT2D eigenvalue weighted by Gasteiger charge is -2.28. The van der Waals surface area contributed by atoms with Crippen LogP contribution in [0.5, 0.6) is 5.75 Å². The first kappa shape index (κ1) is 30.0. The molecule has 11 heteroatoms. The smallest absolute Gasteiger partial charge is 0.326 e. The van der Waals surface area contributed by atoms with Crippen LogP contribution in [-0.4, -0.2) is 81.5 Å². The lowest BCUT2D eigenvalue weighted by atomic mass is 10.0. The van der Waals surface area contributed by atoms with E-state index in [1.54, 1.807) is 48.2 Å². The highest BCUT2D eigenvalue weighted by Gasteiger charge is 2.38. The summed E-state index contributed by atoms with van der Waals surface area (Å²) in [5, 5.41) is 24.7. The van der Waals surface area contributed by atoms with Crippen molar-refractivity contribution in [1.82, 2.24) is 15.5 Å². The molecule has 10 nitrogen and oxygen atoms in total. The molecular weight excluding hydrogens is 520 g/mol. The Morgan fingerprint density at radius 1 is 1.00 bits per heavy atom. The van der Waals surface area contributed by atoms with Crippen LogP contribution in [0.25, 0.3) is 0 Å². The van der Waals surface area contributed by atoms with Crippen LogP contribution in [-0.2, 0) is 32.0 Å². The second kappa shape index (κ2) is 14.5. The molecule has 1 heterocycles. The second-order valence-corrected chi connectivity index (χ2v) is 10.6. The molecule has 1 saturated heterocycles. The van der Waals surface area contributed by atoms with E-state index in [1.165, 1.54) is 17.0 Å². The molecule has 3 amide bonds. The average Bonchev–Trinajstić information content (AvgIpc) is 3.42. The Morgan fingerprint density at radius 3 is 2.28 bits per heavy atom. The second-order valence-electron chi connectivity index (χ2n) is 9.60. The number of amides is 3. The van der Waals surface area contributed by atoms with Gasteiger partial charge in [0.15, 0.2) is 0 Å². The molecule has 39 heavy (non-hydrogen) atoms. The number of benzene rings is 2. The van der Waals surface area contributed by atoms with Gasteiger partial charge in [0.25, 0.3) is 0 Å². The Hall–Kier alpha value is -3.57. The van der Waals surface area contributed by atoms with Gasteiger partial charge in [-0.15, -0.1) is 0 Å². The van der Waals surface area contributed by atoms with E-state index in [-0.39, 0.29) is 24.5 Å². The summed E-state index contributed by atoms with van der Waals surface area (Å²) in [6, 6.07) is 11.3. The number of thioether (sulfide) groups is 1. The van der Waals surface area contributed by atoms with Crippen LogP contribution in [0, 0.1) is 0 Å². The number of rotatable bonds is 13. The number of aromatic hydroxyl groups is 1. The summed E-state index contributed by atoms with van der Waals surface area (Å²) < 4.78 is 0. The van der Waals surface area contributed by atoms with E-state index in [0.717, 1.165) is 11.3 Å². The number of aliphatic carboxylic acids is 1. The van der Waals surface area contributed by atoms with Crippen LogP contribution < -0.4 is 16.4 Å². The molecule has 4 unspecified atom stereocenters. The van der Waals surface area contributed by atoms with Gasteiger partial charge in [0.05, 0.1) is 6.04 Å². The SMILES string of the molecule is CSCCC(N)C(=O)N1CCCC1C(=O)NC(Cc1ccc(O)cc1)C(=O)NC(Cc1ccccc1)C(=O)O. The number of likely N-dealkylation sites (tertiary alicyclic amines) is 1. The zero-order valence-electron chi connectivity index (χ0n) is 21.9. The predicted octanol–water partition coefficient (Wildman–Crippen LogP) is 1.30. The lowest BCUT2D eigenvalue weighted by molar-refractivity contribution is -0.143. The first-order chi connectivity index (χ1) is 18.7. The molecule has 210 valence electrons. The van der Waals surface area contributed by atoms with Crippen molar-refractivity contribution in [2.75, 3.05) is 18.6 Å². The molecule has 2 aromatic carbocycles. The Kier molecular flexibility index (Phi) is 11.2. The number of phenolic OH excluding ortho intramolecular Hbond substituents is 1. The van der Waals surface area contributed by atoms with Crippen LogP contribution in [0.2, 0.25) is 0 Å². The molecule has 4 atom stereocenters. The highest BCUT2D eigenvalue weighted by Crippen LogP contribution is 2.20. The van der Waals surface area contributed by atoms with Crippen molar-refractivity contribution in [1.29, 1.82) is 0 Å². The molecule has 1 aliphatic rings. The summed E-state index contributed by atoms with van der Waals surface area (Å²) in [6.45, 7) is 0.400. The summed E-state index contributed by atoms with van der Waals surface area (Å²) >= 11 is 1.59. The van der Waals surface area contributed by atoms with Gasteiger partial charge in [-0.1, -0.05) is 42.5 Å². The molecule has 3 rings (SSSR count). The number of nitrogens with zero attached hydrogens (tertiary/aromatic N) is 1. The van der Waals surface area contributed by atoms with Crippen LogP contribution in [0.15, 0.2) is 54.6 Å². The average molecular weight is 557 g/mol. The minimum atomic E-state index is -1.21. The number of carbonyl (C=O) groups is 4. The monoisotopic (exact) mass is 556 g/mol. The predicted molar refractivity (Wildman–Crippen MR) is 149 cm³/mol. The third-order valence-electron chi connectivity index (χ3n) is 6.70. The fourth-order valence-electron chi connectivity index (χ4n) is 4.55. The molecule has 0 bridgehead atoms. The van der Waals surface area contributed by atoms with Gasteiger partial charge < -0.3 is 31.5 Å². The molecule has 1 fully saturated rings. The molecule has 0 spiro atoms. The van der Waals surface area contributed by atoms with Gasteiger partial charge in [-0.05, 0) is 54.5 Å². The maximum absolute atomic E-state index is 13.4. The summed E-state index contributed by atoms with van der Waals surface area (Å²) in [5.41, 5.74) is 7.47. The van der Waals surface area contributed by atoms with E-state index < -0.39 is 42.0 Å². The van der Waals surface area contributed by atoms with Crippen LogP contribution in [0.4, 0.5) is 0 Å². The zero-order valence-corrected chi connectivity index (χ0v) is 22.7. The van der Waals surface area contributed by atoms with Crippen molar-refractivity contribution in [3.8, 4) is 5.75 Å². The Labute approximate surface area is 232 Å². The first-order valence-corrected chi connectivity index (χ1v) is 14.3. The van der Waals surface area contributed by atoms with Gasteiger partial charge in [0.2, 0.25) is 17.7 Å². The standard InChI is InChI=1S/C28H36N4O6S/c1-39-15-13-21(29)27(36)32-14-5-8-24(32)26(35)30-22(16-19-9-11-20(33)12-10-19)25(34)31-23(28(37)38)17-18-6-3-2-4-7-18/h2-4,6-7,9-12,21-24,33H,5,8,13-17,29H2,1H3,(H,30,35)(H,31,34)(H,37,38). The molecule has 2 aromatic rings. The highest BCUT2D eigenvalue weighted by atomic mass is 32.2. The number of phenols is 1. The number of hydrogen-bond donors (Lipinski definition) is 5. The topological polar surface area (TPSA) is 162 Å². The van der Waals surface area contributed by atoms with E-state index in [2.05, 4.69) is 10.6 Å². The van der Waals surface area contributed by atoms with E-state index in [4.69, 9.17) is 5.73 Å². The quantitative estimate of drug-likeness (QED) is 0.247. The summed E-state index contributed by atoms with van der Waals surface area (Å²) in [6.07, 6.45) is 3.62. The molecule has 0 radical (unpaired) electrons. The fourth-order valence-corrected chi connectivity index (χ4v) is 5.04. The third kappa shape index (κ3) is 8.72. The summed E-state index contributed by atoms with van der Waals surface area (Å²) in [4.78, 5) is 53.1. The van der Waals surface area contributed by atoms with Crippen LogP contribution >= 0.6 is 11.8 Å². The van der Waals surface area contributed by atoms with Crippen molar-refractivity contribution in [2.24, 2.45) is 5.73 Å². The van der Waals surface area contributed by atoms with Gasteiger partial charge in [-0.25, -0.2) is 4.79 Å². The number of nitrogens with one attached hydrogen (secondary N) is 2. The largest absolute Gasteiger partial charge is 0.508 e. The number of carbonyl (C=O) groups excluding carboxylic acids is 3. The fraction of sp³-hybridized carbons (Fsp3) is 0.429. The maximum atomic E-state index is 13.4. The minimum Gasteiger partial charge on any atom is -0.508 e. The molecule has 6 N–H and O–H groups in total. The minimum absolute atomic E-state index is 0.0514. The number of carboxylic acid groups (broad SMARTS) is 1. The number of nitrogens with two attached hydrogens (primary N) is 1. The molecule has 0 aliphatic carbocycles. The Morgan fingerprint density at radius 2 is 1.64 bits per heavy atom. The lowest BCUT2D eigenvalue weighted by Crippen LogP contribution is -2.57. The van der Waals surface area contributed by atoms with Crippen molar-refractivity contribution in [2.45, 2.75) is 56.3 Å². The molecule has 0 aromatic heterocycles. The van der Waals surface area contributed by atoms with Crippen LogP contribution in [0.1, 0.15) is 30.4 Å². The third-order valence-corrected chi connectivity index (χ3v) is 7.34. The van der Waals surface area contributed by atoms with Gasteiger partial charge in [-0.3, -0.25) is 14.4 Å². The van der Waals surface area contributed by atoms with Crippen molar-refractivity contribution < 1.29 is 29.4 Å². The van der Waals surface area contributed by atoms with Gasteiger partial charge in [-0.2, -0.15) is 11.8 Å². The summed E-state index contributed by atoms with van der Waals surface area (Å²) in [7, 11) is 0. The van der Waals surface area contributed by atoms with Gasteiger partial charge >= 0.3 is 5.97 Å². The number of carboxylic acids is 1. The zero-order chi connectivity index (χ0) is 28.4. The van der Waals surface area contributed by atoms with Crippen molar-refractivity contribution in [3.63, 3.8) is 0 Å². The molecular formula is C28H36N4O6S. The van der Waals surface area contributed by atoms with Gasteiger partial charge in [0, 0.05) is 19.4 Å².